The first-order chi connectivity index (χ1) is 53.6. The predicted octanol–water partition coefficient (Wildman–Crippen LogP) is -17.0. The average molecular weight is 1850 g/mol. The molecule has 0 aromatic rings. The summed E-state index contributed by atoms with van der Waals surface area (Å²) in [5.74, 6) is -26.8. The summed E-state index contributed by atoms with van der Waals surface area (Å²) >= 11 is 0. The van der Waals surface area contributed by atoms with Crippen LogP contribution in [0.1, 0.15) is 182 Å². The van der Waals surface area contributed by atoms with Crippen molar-refractivity contribution in [1.82, 2.24) is 19.6 Å². The third-order valence-corrected chi connectivity index (χ3v) is 20.0. The molecule has 120 heavy (non-hydrogen) atoms. The van der Waals surface area contributed by atoms with E-state index in [1.807, 2.05) is 27.7 Å². The van der Waals surface area contributed by atoms with E-state index in [0.29, 0.717) is 46.0 Å². The van der Waals surface area contributed by atoms with Crippen LogP contribution in [0.3, 0.4) is 0 Å². The number of carbonyl (C=O) groups is 16. The molecular formula is C64H104N4Na4O44S4. The molecular weight excluding hydrogens is 1750 g/mol. The Hall–Kier alpha value is -5.00. The van der Waals surface area contributed by atoms with Crippen molar-refractivity contribution in [2.24, 2.45) is 0 Å². The average Bonchev–Trinajstić information content (AvgIpc) is 0.847. The smallest absolute Gasteiger partial charge is 0.549 e. The number of ether oxygens (including phenoxy) is 4. The van der Waals surface area contributed by atoms with Crippen molar-refractivity contribution >= 4 is 136 Å². The summed E-state index contributed by atoms with van der Waals surface area (Å²) in [5.41, 5.74) is 0. The number of carboxylic acid groups (broad SMARTS) is 12. The van der Waals surface area contributed by atoms with Crippen molar-refractivity contribution in [3.63, 3.8) is 0 Å². The zero-order chi connectivity index (χ0) is 90.5. The zero-order valence-electron chi connectivity index (χ0n) is 67.9. The van der Waals surface area contributed by atoms with E-state index in [-0.39, 0.29) is 197 Å². The van der Waals surface area contributed by atoms with Crippen molar-refractivity contribution in [1.29, 1.82) is 0 Å². The van der Waals surface area contributed by atoms with E-state index >= 15 is 0 Å². The second-order valence-electron chi connectivity index (χ2n) is 25.0. The SMILES string of the molecule is CCCCCOCCCN(C(=O)CC(C(=O)[O-])S(=O)(=O)O)C(CC(=O)O)C(=O)O.CCCCCOCCCN(C(=O)CC(C(=O)[O-])S(=O)(=O)O)C(CC(=O)O)C(=O)O.CCCCCOCCCN(C(=O)CC(C(=O)[O-])S(=O)(=O)O)C(CC(=O)O)C(=O)O.CCCCCOCCCN(C(=O)CC(C(=O)[O-])S(=O)(=O)O)C(CC(=O)O)C(=O)O.[Na+].[Na+].[Na+].[Na+]. The fourth-order valence-electron chi connectivity index (χ4n) is 9.72. The molecule has 0 rings (SSSR count). The maximum absolute atomic E-state index is 12.4. The van der Waals surface area contributed by atoms with Crippen molar-refractivity contribution in [2.75, 3.05) is 79.0 Å². The third kappa shape index (κ3) is 62.2. The Morgan fingerprint density at radius 1 is 0.258 bits per heavy atom. The summed E-state index contributed by atoms with van der Waals surface area (Å²) in [4.78, 5) is 185. The molecule has 8 unspecified atom stereocenters. The Labute approximate surface area is 781 Å². The third-order valence-electron chi connectivity index (χ3n) is 15.6. The van der Waals surface area contributed by atoms with E-state index in [9.17, 15) is 151 Å². The molecule has 0 radical (unpaired) electrons. The van der Waals surface area contributed by atoms with Crippen LogP contribution in [-0.2, 0) is 136 Å². The van der Waals surface area contributed by atoms with Gasteiger partial charge in [-0.1, -0.05) is 79.1 Å². The maximum atomic E-state index is 12.4. The second-order valence-corrected chi connectivity index (χ2v) is 31.4. The number of nitrogens with zero attached hydrogens (tertiary/aromatic N) is 4. The standard InChI is InChI=1S/4C16H27NO11S.4Na/c4*1-2-3-4-7-28-8-5-6-17(11(15(21)22)9-14(19)20)13(18)10-12(16(23)24)29(25,26)27;;;;/h4*11-12H,2-10H2,1H3,(H,19,20)(H,21,22)(H,23,24)(H,25,26,27);;;;/q;;;;4*+1/p-4. The quantitative estimate of drug-likeness (QED) is 0.0153. The predicted molar refractivity (Wildman–Crippen MR) is 381 cm³/mol. The van der Waals surface area contributed by atoms with Crippen LogP contribution < -0.4 is 139 Å². The molecule has 0 heterocycles. The molecule has 0 saturated heterocycles. The molecule has 0 aliphatic heterocycles. The Bertz CT molecular complexity index is 3190. The van der Waals surface area contributed by atoms with Crippen molar-refractivity contribution in [3.8, 4) is 0 Å². The summed E-state index contributed by atoms with van der Waals surface area (Å²) in [6, 6.07) is -7.43. The molecule has 12 N–H and O–H groups in total. The van der Waals surface area contributed by atoms with Crippen LogP contribution in [-0.4, -0.2) is 332 Å². The minimum Gasteiger partial charge on any atom is -0.549 e. The van der Waals surface area contributed by atoms with Crippen LogP contribution in [0.15, 0.2) is 0 Å². The molecule has 0 saturated carbocycles. The molecule has 0 spiro atoms. The number of hydrogen-bond acceptors (Lipinski definition) is 32. The minimum atomic E-state index is -5.20. The van der Waals surface area contributed by atoms with Gasteiger partial charge in [-0.25, -0.2) is 19.2 Å². The Kier molecular flexibility index (Phi) is 77.4. The van der Waals surface area contributed by atoms with Crippen molar-refractivity contribution in [3.05, 3.63) is 0 Å². The molecule has 672 valence electrons. The number of aliphatic carboxylic acids is 12. The van der Waals surface area contributed by atoms with Crippen LogP contribution in [0, 0.1) is 0 Å². The van der Waals surface area contributed by atoms with Gasteiger partial charge in [-0.2, -0.15) is 33.7 Å². The van der Waals surface area contributed by atoms with Gasteiger partial charge >= 0.3 is 166 Å². The molecule has 0 aliphatic rings. The van der Waals surface area contributed by atoms with Gasteiger partial charge in [0.25, 0.3) is 40.5 Å². The molecule has 8 atom stereocenters. The maximum Gasteiger partial charge on any atom is 1.00 e. The van der Waals surface area contributed by atoms with E-state index in [1.165, 1.54) is 0 Å². The van der Waals surface area contributed by atoms with Gasteiger partial charge in [-0.3, -0.25) is 56.6 Å². The van der Waals surface area contributed by atoms with Crippen molar-refractivity contribution in [2.45, 2.75) is 227 Å². The Morgan fingerprint density at radius 3 is 0.508 bits per heavy atom. The summed E-state index contributed by atoms with van der Waals surface area (Å²) in [6.45, 7) is 8.99. The van der Waals surface area contributed by atoms with Gasteiger partial charge in [-0.05, 0) is 51.4 Å². The van der Waals surface area contributed by atoms with Crippen LogP contribution in [0.25, 0.3) is 0 Å². The number of unbranched alkanes of at least 4 members (excludes halogenated alkanes) is 8. The molecule has 0 aromatic carbocycles. The van der Waals surface area contributed by atoms with Gasteiger partial charge in [-0.15, -0.1) is 0 Å². The van der Waals surface area contributed by atoms with Crippen LogP contribution >= 0.6 is 0 Å². The first-order valence-electron chi connectivity index (χ1n) is 35.6. The molecule has 4 amide bonds. The van der Waals surface area contributed by atoms with Crippen LogP contribution in [0.4, 0.5) is 0 Å². The molecule has 0 aromatic heterocycles. The number of carbonyl (C=O) groups excluding carboxylic acids is 8. The summed E-state index contributed by atoms with van der Waals surface area (Å²) in [6.07, 6.45) is 2.17. The van der Waals surface area contributed by atoms with E-state index in [4.69, 9.17) is 57.6 Å². The first-order valence-corrected chi connectivity index (χ1v) is 41.6. The molecule has 48 nitrogen and oxygen atoms in total. The van der Waals surface area contributed by atoms with Gasteiger partial charge in [0, 0.05) is 79.0 Å². The number of hydrogen-bond donors (Lipinski definition) is 12. The second kappa shape index (κ2) is 71.2. The number of carboxylic acids is 12. The summed E-state index contributed by atoms with van der Waals surface area (Å²) in [7, 11) is -20.8. The van der Waals surface area contributed by atoms with E-state index in [1.54, 1.807) is 0 Å². The van der Waals surface area contributed by atoms with Gasteiger partial charge in [0.2, 0.25) is 23.6 Å². The normalized spacial score (nSPS) is 13.0. The van der Waals surface area contributed by atoms with Gasteiger partial charge < -0.3 is 119 Å². The Balaban J connectivity index is -0.000000230. The molecule has 0 fully saturated rings. The monoisotopic (exact) mass is 1850 g/mol. The molecule has 0 bridgehead atoms. The van der Waals surface area contributed by atoms with Gasteiger partial charge in [0.15, 0.2) is 0 Å². The molecule has 0 aliphatic carbocycles. The first kappa shape index (κ1) is 131. The topological polar surface area (TPSA) is 795 Å². The van der Waals surface area contributed by atoms with E-state index in [2.05, 4.69) is 0 Å². The number of amides is 4. The minimum absolute atomic E-state index is 0. The van der Waals surface area contributed by atoms with Gasteiger partial charge in [0.05, 0.1) is 75.2 Å². The zero-order valence-corrected chi connectivity index (χ0v) is 79.2. The van der Waals surface area contributed by atoms with Crippen LogP contribution in [0.5, 0.6) is 0 Å². The number of rotatable bonds is 64. The molecule has 56 heteroatoms. The largest absolute Gasteiger partial charge is 1.00 e. The van der Waals surface area contributed by atoms with Gasteiger partial charge in [0.1, 0.15) is 45.2 Å². The summed E-state index contributed by atoms with van der Waals surface area (Å²) < 4.78 is 146. The van der Waals surface area contributed by atoms with Crippen molar-refractivity contribution < 1.29 is 327 Å². The summed E-state index contributed by atoms with van der Waals surface area (Å²) in [5, 5.41) is 106. The van der Waals surface area contributed by atoms with E-state index < -0.39 is 232 Å². The van der Waals surface area contributed by atoms with E-state index in [0.717, 1.165) is 77.0 Å². The fourth-order valence-corrected chi connectivity index (χ4v) is 12.1. The van der Waals surface area contributed by atoms with Crippen LogP contribution in [0.2, 0.25) is 0 Å². The fraction of sp³-hybridized carbons (Fsp3) is 0.750. The Morgan fingerprint density at radius 2 is 0.400 bits per heavy atom.